The summed E-state index contributed by atoms with van der Waals surface area (Å²) in [5, 5.41) is 7.94. The highest BCUT2D eigenvalue weighted by Gasteiger charge is 2.23. The Morgan fingerprint density at radius 2 is 2.50 bits per heavy atom. The quantitative estimate of drug-likeness (QED) is 0.866. The zero-order chi connectivity index (χ0) is 11.4. The first-order chi connectivity index (χ1) is 7.79. The van der Waals surface area contributed by atoms with Crippen molar-refractivity contribution in [2.45, 2.75) is 32.7 Å². The van der Waals surface area contributed by atoms with Gasteiger partial charge in [-0.2, -0.15) is 11.3 Å². The lowest BCUT2D eigenvalue weighted by molar-refractivity contribution is 0.172. The second kappa shape index (κ2) is 5.69. The van der Waals surface area contributed by atoms with Crippen LogP contribution in [0, 0.1) is 5.92 Å². The van der Waals surface area contributed by atoms with E-state index in [1.807, 2.05) is 0 Å². The van der Waals surface area contributed by atoms with E-state index < -0.39 is 0 Å². The molecule has 16 heavy (non-hydrogen) atoms. The summed E-state index contributed by atoms with van der Waals surface area (Å²) >= 11 is 1.76. The third-order valence-corrected chi connectivity index (χ3v) is 4.30. The fraction of sp³-hybridized carbons (Fsp3) is 0.692. The Labute approximate surface area is 103 Å². The van der Waals surface area contributed by atoms with Gasteiger partial charge < -0.3 is 10.2 Å². The van der Waals surface area contributed by atoms with E-state index in [0.717, 1.165) is 5.92 Å². The lowest BCUT2D eigenvalue weighted by atomic mass is 9.91. The summed E-state index contributed by atoms with van der Waals surface area (Å²) in [4.78, 5) is 2.57. The van der Waals surface area contributed by atoms with Crippen LogP contribution in [0.15, 0.2) is 16.8 Å². The topological polar surface area (TPSA) is 15.3 Å². The number of piperidine rings is 1. The van der Waals surface area contributed by atoms with Gasteiger partial charge in [0.1, 0.15) is 0 Å². The van der Waals surface area contributed by atoms with Gasteiger partial charge in [0.2, 0.25) is 0 Å². The standard InChI is InChI=1S/C13H22N2S/c1-3-15-7-4-5-12(9-15)11(2)14-13-6-8-16-10-13/h6,8,10-12,14H,3-5,7,9H2,1-2H3. The van der Waals surface area contributed by atoms with Crippen LogP contribution < -0.4 is 5.32 Å². The molecule has 0 aromatic carbocycles. The molecule has 2 atom stereocenters. The van der Waals surface area contributed by atoms with Crippen LogP contribution in [0.4, 0.5) is 5.69 Å². The van der Waals surface area contributed by atoms with E-state index >= 15 is 0 Å². The van der Waals surface area contributed by atoms with Crippen molar-refractivity contribution >= 4 is 17.0 Å². The predicted molar refractivity (Wildman–Crippen MR) is 72.2 cm³/mol. The van der Waals surface area contributed by atoms with Crippen molar-refractivity contribution in [3.05, 3.63) is 16.8 Å². The highest BCUT2D eigenvalue weighted by Crippen LogP contribution is 2.23. The number of nitrogens with one attached hydrogen (secondary N) is 1. The molecule has 0 bridgehead atoms. The summed E-state index contributed by atoms with van der Waals surface area (Å²) in [6, 6.07) is 2.76. The molecule has 1 aliphatic rings. The molecule has 0 radical (unpaired) electrons. The smallest absolute Gasteiger partial charge is 0.0450 e. The molecule has 1 aromatic heterocycles. The minimum Gasteiger partial charge on any atom is -0.382 e. The van der Waals surface area contributed by atoms with Crippen molar-refractivity contribution < 1.29 is 0 Å². The first-order valence-corrected chi connectivity index (χ1v) is 7.25. The molecule has 2 heterocycles. The van der Waals surface area contributed by atoms with Crippen LogP contribution in [-0.4, -0.2) is 30.6 Å². The SMILES string of the molecule is CCN1CCCC(C(C)Nc2ccsc2)C1. The Kier molecular flexibility index (Phi) is 4.24. The van der Waals surface area contributed by atoms with E-state index in [1.165, 1.54) is 38.2 Å². The fourth-order valence-electron chi connectivity index (χ4n) is 2.51. The Bertz CT molecular complexity index is 297. The molecule has 2 unspecified atom stereocenters. The molecule has 1 saturated heterocycles. The lowest BCUT2D eigenvalue weighted by Gasteiger charge is -2.35. The summed E-state index contributed by atoms with van der Waals surface area (Å²) in [6.45, 7) is 8.33. The van der Waals surface area contributed by atoms with E-state index in [-0.39, 0.29) is 0 Å². The molecule has 0 aliphatic carbocycles. The predicted octanol–water partition coefficient (Wildman–Crippen LogP) is 3.28. The van der Waals surface area contributed by atoms with Crippen LogP contribution in [0.1, 0.15) is 26.7 Å². The molecule has 0 amide bonds. The monoisotopic (exact) mass is 238 g/mol. The van der Waals surface area contributed by atoms with Gasteiger partial charge in [0.15, 0.2) is 0 Å². The maximum Gasteiger partial charge on any atom is 0.0450 e. The van der Waals surface area contributed by atoms with Gasteiger partial charge in [-0.05, 0) is 50.2 Å². The van der Waals surface area contributed by atoms with Gasteiger partial charge in [0.25, 0.3) is 0 Å². The van der Waals surface area contributed by atoms with E-state index in [1.54, 1.807) is 11.3 Å². The third-order valence-electron chi connectivity index (χ3n) is 3.61. The zero-order valence-corrected chi connectivity index (χ0v) is 11.1. The van der Waals surface area contributed by atoms with Crippen LogP contribution >= 0.6 is 11.3 Å². The Morgan fingerprint density at radius 3 is 3.19 bits per heavy atom. The average Bonchev–Trinajstić information content (AvgIpc) is 2.82. The molecular formula is C13H22N2S. The van der Waals surface area contributed by atoms with Crippen molar-refractivity contribution in [3.8, 4) is 0 Å². The molecule has 1 aromatic rings. The Balaban J connectivity index is 1.86. The summed E-state index contributed by atoms with van der Waals surface area (Å²) in [6.07, 6.45) is 2.73. The zero-order valence-electron chi connectivity index (χ0n) is 10.3. The number of rotatable bonds is 4. The van der Waals surface area contributed by atoms with Crippen molar-refractivity contribution in [2.24, 2.45) is 5.92 Å². The van der Waals surface area contributed by atoms with Gasteiger partial charge in [-0.1, -0.05) is 6.92 Å². The minimum atomic E-state index is 0.587. The van der Waals surface area contributed by atoms with E-state index in [4.69, 9.17) is 0 Å². The Morgan fingerprint density at radius 1 is 1.62 bits per heavy atom. The van der Waals surface area contributed by atoms with Gasteiger partial charge in [0.05, 0.1) is 0 Å². The maximum absolute atomic E-state index is 3.62. The highest BCUT2D eigenvalue weighted by molar-refractivity contribution is 7.08. The van der Waals surface area contributed by atoms with Gasteiger partial charge in [-0.3, -0.25) is 0 Å². The number of hydrogen-bond acceptors (Lipinski definition) is 3. The van der Waals surface area contributed by atoms with Crippen LogP contribution in [-0.2, 0) is 0 Å². The third kappa shape index (κ3) is 2.98. The van der Waals surface area contributed by atoms with Crippen molar-refractivity contribution in [1.29, 1.82) is 0 Å². The number of likely N-dealkylation sites (tertiary alicyclic amines) is 1. The molecule has 2 rings (SSSR count). The molecule has 1 aliphatic heterocycles. The number of nitrogens with zero attached hydrogens (tertiary/aromatic N) is 1. The van der Waals surface area contributed by atoms with Crippen LogP contribution in [0.2, 0.25) is 0 Å². The van der Waals surface area contributed by atoms with Gasteiger partial charge in [-0.15, -0.1) is 0 Å². The summed E-state index contributed by atoms with van der Waals surface area (Å²) < 4.78 is 0. The van der Waals surface area contributed by atoms with E-state index in [0.29, 0.717) is 6.04 Å². The molecule has 2 nitrogen and oxygen atoms in total. The second-order valence-corrected chi connectivity index (χ2v) is 5.52. The number of hydrogen-bond donors (Lipinski definition) is 1. The van der Waals surface area contributed by atoms with Gasteiger partial charge in [-0.25, -0.2) is 0 Å². The molecular weight excluding hydrogens is 216 g/mol. The van der Waals surface area contributed by atoms with Crippen molar-refractivity contribution in [1.82, 2.24) is 4.90 Å². The van der Waals surface area contributed by atoms with Crippen LogP contribution in [0.3, 0.4) is 0 Å². The van der Waals surface area contributed by atoms with Crippen LogP contribution in [0.25, 0.3) is 0 Å². The van der Waals surface area contributed by atoms with Crippen molar-refractivity contribution in [2.75, 3.05) is 25.0 Å². The molecule has 3 heteroatoms. The Hall–Kier alpha value is -0.540. The lowest BCUT2D eigenvalue weighted by Crippen LogP contribution is -2.41. The van der Waals surface area contributed by atoms with Gasteiger partial charge in [0, 0.05) is 23.7 Å². The second-order valence-electron chi connectivity index (χ2n) is 4.74. The van der Waals surface area contributed by atoms with Crippen LogP contribution in [0.5, 0.6) is 0 Å². The first-order valence-electron chi connectivity index (χ1n) is 6.30. The molecule has 1 N–H and O–H groups in total. The van der Waals surface area contributed by atoms with E-state index in [2.05, 4.69) is 40.9 Å². The molecule has 90 valence electrons. The number of anilines is 1. The van der Waals surface area contributed by atoms with Gasteiger partial charge >= 0.3 is 0 Å². The highest BCUT2D eigenvalue weighted by atomic mass is 32.1. The molecule has 0 saturated carbocycles. The van der Waals surface area contributed by atoms with E-state index in [9.17, 15) is 0 Å². The molecule has 0 spiro atoms. The fourth-order valence-corrected chi connectivity index (χ4v) is 3.11. The first kappa shape index (κ1) is 11.9. The van der Waals surface area contributed by atoms with Crippen molar-refractivity contribution in [3.63, 3.8) is 0 Å². The maximum atomic E-state index is 3.62. The summed E-state index contributed by atoms with van der Waals surface area (Å²) in [5.41, 5.74) is 1.28. The molecule has 1 fully saturated rings. The normalized spacial score (nSPS) is 24.2. The summed E-state index contributed by atoms with van der Waals surface area (Å²) in [7, 11) is 0. The number of thiophene rings is 1. The summed E-state index contributed by atoms with van der Waals surface area (Å²) in [5.74, 6) is 0.800. The largest absolute Gasteiger partial charge is 0.382 e. The average molecular weight is 238 g/mol. The minimum absolute atomic E-state index is 0.587.